The first-order chi connectivity index (χ1) is 9.91. The maximum atomic E-state index is 12.6. The Kier molecular flexibility index (Phi) is 5.28. The van der Waals surface area contributed by atoms with Gasteiger partial charge in [-0.1, -0.05) is 20.8 Å². The highest BCUT2D eigenvalue weighted by atomic mass is 16.2. The standard InChI is InChI=1S/C17H30N2O2/c1-12(2)14-7-6-10-19(17(14)21)11-13(3)15-8-5-9-18(4)16(15)20/h12-15H,5-11H2,1-4H3/t13?,14-,15+/m1/s1. The molecule has 0 radical (unpaired) electrons. The van der Waals surface area contributed by atoms with Crippen molar-refractivity contribution in [2.45, 2.75) is 46.5 Å². The quantitative estimate of drug-likeness (QED) is 0.799. The van der Waals surface area contributed by atoms with Crippen LogP contribution in [0.2, 0.25) is 0 Å². The van der Waals surface area contributed by atoms with Gasteiger partial charge in [0.15, 0.2) is 0 Å². The molecule has 0 aromatic carbocycles. The first kappa shape index (κ1) is 16.3. The van der Waals surface area contributed by atoms with Gasteiger partial charge < -0.3 is 9.80 Å². The molecule has 4 nitrogen and oxygen atoms in total. The lowest BCUT2D eigenvalue weighted by atomic mass is 9.83. The van der Waals surface area contributed by atoms with Gasteiger partial charge in [0.25, 0.3) is 0 Å². The third-order valence-electron chi connectivity index (χ3n) is 5.27. The molecule has 21 heavy (non-hydrogen) atoms. The van der Waals surface area contributed by atoms with E-state index in [1.54, 1.807) is 0 Å². The average Bonchev–Trinajstić information content (AvgIpc) is 2.43. The minimum absolute atomic E-state index is 0.0935. The molecule has 0 aromatic heterocycles. The number of likely N-dealkylation sites (tertiary alicyclic amines) is 2. The lowest BCUT2D eigenvalue weighted by Gasteiger charge is -2.38. The molecule has 0 spiro atoms. The fourth-order valence-electron chi connectivity index (χ4n) is 3.84. The van der Waals surface area contributed by atoms with Crippen molar-refractivity contribution in [3.8, 4) is 0 Å². The molecule has 2 aliphatic rings. The van der Waals surface area contributed by atoms with Crippen molar-refractivity contribution in [2.75, 3.05) is 26.7 Å². The molecule has 1 unspecified atom stereocenters. The minimum Gasteiger partial charge on any atom is -0.346 e. The molecule has 2 heterocycles. The van der Waals surface area contributed by atoms with Crippen LogP contribution in [-0.2, 0) is 9.59 Å². The lowest BCUT2D eigenvalue weighted by molar-refractivity contribution is -0.144. The van der Waals surface area contributed by atoms with E-state index in [1.165, 1.54) is 0 Å². The second kappa shape index (κ2) is 6.80. The number of carbonyl (C=O) groups is 2. The summed E-state index contributed by atoms with van der Waals surface area (Å²) < 4.78 is 0. The third-order valence-corrected chi connectivity index (χ3v) is 5.27. The van der Waals surface area contributed by atoms with Gasteiger partial charge in [-0.3, -0.25) is 9.59 Å². The highest BCUT2D eigenvalue weighted by Crippen LogP contribution is 2.29. The molecule has 2 fully saturated rings. The maximum absolute atomic E-state index is 12.6. The van der Waals surface area contributed by atoms with Crippen molar-refractivity contribution in [2.24, 2.45) is 23.7 Å². The Balaban J connectivity index is 1.97. The molecule has 0 saturated carbocycles. The molecule has 4 heteroatoms. The summed E-state index contributed by atoms with van der Waals surface area (Å²) in [7, 11) is 1.89. The number of piperidine rings is 2. The van der Waals surface area contributed by atoms with E-state index in [9.17, 15) is 9.59 Å². The van der Waals surface area contributed by atoms with Crippen LogP contribution in [0.4, 0.5) is 0 Å². The van der Waals surface area contributed by atoms with E-state index in [0.717, 1.165) is 45.3 Å². The summed E-state index contributed by atoms with van der Waals surface area (Å²) in [6.45, 7) is 8.88. The van der Waals surface area contributed by atoms with Crippen LogP contribution in [0.25, 0.3) is 0 Å². The normalized spacial score (nSPS) is 29.2. The van der Waals surface area contributed by atoms with Crippen LogP contribution in [0.1, 0.15) is 46.5 Å². The zero-order valence-electron chi connectivity index (χ0n) is 14.0. The van der Waals surface area contributed by atoms with Crippen LogP contribution >= 0.6 is 0 Å². The average molecular weight is 294 g/mol. The van der Waals surface area contributed by atoms with E-state index in [-0.39, 0.29) is 23.7 Å². The van der Waals surface area contributed by atoms with Crippen LogP contribution in [-0.4, -0.2) is 48.3 Å². The fraction of sp³-hybridized carbons (Fsp3) is 0.882. The lowest BCUT2D eigenvalue weighted by Crippen LogP contribution is -2.48. The van der Waals surface area contributed by atoms with Gasteiger partial charge in [-0.05, 0) is 37.5 Å². The molecule has 0 bridgehead atoms. The van der Waals surface area contributed by atoms with Gasteiger partial charge in [-0.15, -0.1) is 0 Å². The zero-order valence-corrected chi connectivity index (χ0v) is 14.0. The molecule has 0 N–H and O–H groups in total. The van der Waals surface area contributed by atoms with Gasteiger partial charge in [0, 0.05) is 38.5 Å². The zero-order chi connectivity index (χ0) is 15.6. The molecule has 120 valence electrons. The van der Waals surface area contributed by atoms with Gasteiger partial charge in [0.2, 0.25) is 11.8 Å². The molecule has 3 atom stereocenters. The van der Waals surface area contributed by atoms with Crippen LogP contribution in [0.3, 0.4) is 0 Å². The Morgan fingerprint density at radius 3 is 2.29 bits per heavy atom. The summed E-state index contributed by atoms with van der Waals surface area (Å²) in [5.74, 6) is 1.51. The summed E-state index contributed by atoms with van der Waals surface area (Å²) in [6, 6.07) is 0. The predicted molar refractivity (Wildman–Crippen MR) is 83.7 cm³/mol. The van der Waals surface area contributed by atoms with Crippen molar-refractivity contribution in [1.29, 1.82) is 0 Å². The van der Waals surface area contributed by atoms with Crippen molar-refractivity contribution >= 4 is 11.8 Å². The maximum Gasteiger partial charge on any atom is 0.225 e. The fourth-order valence-corrected chi connectivity index (χ4v) is 3.84. The highest BCUT2D eigenvalue weighted by Gasteiger charge is 2.35. The molecular formula is C17H30N2O2. The highest BCUT2D eigenvalue weighted by molar-refractivity contribution is 5.81. The Hall–Kier alpha value is -1.06. The first-order valence-corrected chi connectivity index (χ1v) is 8.45. The molecule has 2 aliphatic heterocycles. The first-order valence-electron chi connectivity index (χ1n) is 8.45. The molecule has 2 saturated heterocycles. The van der Waals surface area contributed by atoms with Crippen LogP contribution < -0.4 is 0 Å². The number of hydrogen-bond acceptors (Lipinski definition) is 2. The predicted octanol–water partition coefficient (Wildman–Crippen LogP) is 2.39. The van der Waals surface area contributed by atoms with Gasteiger partial charge in [-0.25, -0.2) is 0 Å². The SMILES string of the molecule is CC(CN1CCC[C@H](C(C)C)C1=O)[C@@H]1CCCN(C)C1=O. The van der Waals surface area contributed by atoms with Crippen molar-refractivity contribution < 1.29 is 9.59 Å². The van der Waals surface area contributed by atoms with Crippen LogP contribution in [0, 0.1) is 23.7 Å². The van der Waals surface area contributed by atoms with E-state index in [4.69, 9.17) is 0 Å². The molecule has 2 rings (SSSR count). The van der Waals surface area contributed by atoms with E-state index in [2.05, 4.69) is 20.8 Å². The summed E-state index contributed by atoms with van der Waals surface area (Å²) in [5.41, 5.74) is 0. The molecule has 0 aromatic rings. The van der Waals surface area contributed by atoms with Gasteiger partial charge in [0.05, 0.1) is 0 Å². The number of carbonyl (C=O) groups excluding carboxylic acids is 2. The van der Waals surface area contributed by atoms with E-state index < -0.39 is 0 Å². The van der Waals surface area contributed by atoms with Crippen molar-refractivity contribution in [3.05, 3.63) is 0 Å². The van der Waals surface area contributed by atoms with E-state index >= 15 is 0 Å². The number of hydrogen-bond donors (Lipinski definition) is 0. The van der Waals surface area contributed by atoms with Gasteiger partial charge in [0.1, 0.15) is 0 Å². The van der Waals surface area contributed by atoms with Crippen molar-refractivity contribution in [1.82, 2.24) is 9.80 Å². The second-order valence-corrected chi connectivity index (χ2v) is 7.26. The molecule has 0 aliphatic carbocycles. The Morgan fingerprint density at radius 2 is 1.62 bits per heavy atom. The Morgan fingerprint density at radius 1 is 1.00 bits per heavy atom. The van der Waals surface area contributed by atoms with Gasteiger partial charge in [-0.2, -0.15) is 0 Å². The Labute approximate surface area is 128 Å². The summed E-state index contributed by atoms with van der Waals surface area (Å²) in [4.78, 5) is 28.7. The number of rotatable bonds is 4. The topological polar surface area (TPSA) is 40.6 Å². The molecule has 2 amide bonds. The number of nitrogens with zero attached hydrogens (tertiary/aromatic N) is 2. The molecular weight excluding hydrogens is 264 g/mol. The largest absolute Gasteiger partial charge is 0.346 e. The summed E-state index contributed by atoms with van der Waals surface area (Å²) in [5, 5.41) is 0. The number of amides is 2. The monoisotopic (exact) mass is 294 g/mol. The van der Waals surface area contributed by atoms with Crippen molar-refractivity contribution in [3.63, 3.8) is 0 Å². The minimum atomic E-state index is 0.0935. The van der Waals surface area contributed by atoms with Gasteiger partial charge >= 0.3 is 0 Å². The third kappa shape index (κ3) is 3.58. The van der Waals surface area contributed by atoms with Crippen LogP contribution in [0.5, 0.6) is 0 Å². The smallest absolute Gasteiger partial charge is 0.225 e. The summed E-state index contributed by atoms with van der Waals surface area (Å²) >= 11 is 0. The summed E-state index contributed by atoms with van der Waals surface area (Å²) in [6.07, 6.45) is 4.17. The second-order valence-electron chi connectivity index (χ2n) is 7.26. The van der Waals surface area contributed by atoms with E-state index in [0.29, 0.717) is 11.8 Å². The Bertz CT molecular complexity index is 394. The van der Waals surface area contributed by atoms with E-state index in [1.807, 2.05) is 16.8 Å². The van der Waals surface area contributed by atoms with Crippen LogP contribution in [0.15, 0.2) is 0 Å².